The monoisotopic (exact) mass is 226 g/mol. The van der Waals surface area contributed by atoms with Gasteiger partial charge >= 0.3 is 5.97 Å². The van der Waals surface area contributed by atoms with Gasteiger partial charge in [-0.2, -0.15) is 0 Å². The van der Waals surface area contributed by atoms with Crippen LogP contribution in [0.2, 0.25) is 0 Å². The van der Waals surface area contributed by atoms with Gasteiger partial charge in [0.25, 0.3) is 0 Å². The van der Waals surface area contributed by atoms with Crippen molar-refractivity contribution in [2.24, 2.45) is 0 Å². The first-order chi connectivity index (χ1) is 7.56. The predicted octanol–water partition coefficient (Wildman–Crippen LogP) is 3.44. The Hall–Kier alpha value is -1.38. The second kappa shape index (κ2) is 6.99. The summed E-state index contributed by atoms with van der Waals surface area (Å²) in [5.74, 6) is -0.916. The van der Waals surface area contributed by atoms with Crippen LogP contribution in [0.25, 0.3) is 0 Å². The maximum absolute atomic E-state index is 12.9. The number of hydrogen-bond acceptors (Lipinski definition) is 2. The molecule has 0 saturated carbocycles. The lowest BCUT2D eigenvalue weighted by Crippen LogP contribution is -2.10. The molecule has 1 unspecified atom stereocenters. The molecule has 0 aliphatic carbocycles. The molecule has 0 fully saturated rings. The van der Waals surface area contributed by atoms with Crippen LogP contribution >= 0.6 is 0 Å². The second-order valence-corrected chi connectivity index (χ2v) is 3.25. The van der Waals surface area contributed by atoms with Gasteiger partial charge in [0.2, 0.25) is 0 Å². The van der Waals surface area contributed by atoms with Gasteiger partial charge in [-0.05, 0) is 31.0 Å². The molecule has 1 aromatic carbocycles. The fourth-order valence-electron chi connectivity index (χ4n) is 1.25. The van der Waals surface area contributed by atoms with E-state index in [1.165, 1.54) is 13.2 Å². The summed E-state index contributed by atoms with van der Waals surface area (Å²) in [6.07, 6.45) is 0. The minimum Gasteiger partial charge on any atom is -0.469 e. The number of carbonyl (C=O) groups excluding carboxylic acids is 1. The van der Waals surface area contributed by atoms with E-state index in [1.807, 2.05) is 13.8 Å². The van der Waals surface area contributed by atoms with Crippen LogP contribution < -0.4 is 0 Å². The number of ether oxygens (including phenoxy) is 1. The Morgan fingerprint density at radius 2 is 1.94 bits per heavy atom. The third-order valence-corrected chi connectivity index (χ3v) is 2.24. The molecular weight excluding hydrogens is 207 g/mol. The van der Waals surface area contributed by atoms with E-state index in [0.717, 1.165) is 5.56 Å². The number of carbonyl (C=O) groups is 1. The second-order valence-electron chi connectivity index (χ2n) is 3.25. The van der Waals surface area contributed by atoms with Crippen molar-refractivity contribution < 1.29 is 13.9 Å². The number of benzene rings is 1. The van der Waals surface area contributed by atoms with Gasteiger partial charge in [0.15, 0.2) is 0 Å². The number of methoxy groups -OCH3 is 1. The van der Waals surface area contributed by atoms with E-state index in [-0.39, 0.29) is 17.7 Å². The first-order valence-electron chi connectivity index (χ1n) is 5.40. The van der Waals surface area contributed by atoms with E-state index >= 15 is 0 Å². The third-order valence-electron chi connectivity index (χ3n) is 2.24. The van der Waals surface area contributed by atoms with E-state index in [9.17, 15) is 9.18 Å². The number of esters is 1. The maximum atomic E-state index is 12.9. The maximum Gasteiger partial charge on any atom is 0.312 e. The lowest BCUT2D eigenvalue weighted by Gasteiger charge is -2.10. The fourth-order valence-corrected chi connectivity index (χ4v) is 1.25. The molecule has 16 heavy (non-hydrogen) atoms. The van der Waals surface area contributed by atoms with Crippen molar-refractivity contribution >= 4 is 5.97 Å². The van der Waals surface area contributed by atoms with Crippen LogP contribution in [0, 0.1) is 12.7 Å². The Balaban J connectivity index is 0.00000106. The molecule has 90 valence electrons. The zero-order chi connectivity index (χ0) is 12.7. The van der Waals surface area contributed by atoms with E-state index in [2.05, 4.69) is 4.74 Å². The van der Waals surface area contributed by atoms with Gasteiger partial charge in [-0.1, -0.05) is 26.0 Å². The van der Waals surface area contributed by atoms with Crippen LogP contribution in [0.3, 0.4) is 0 Å². The van der Waals surface area contributed by atoms with Gasteiger partial charge in [0, 0.05) is 0 Å². The van der Waals surface area contributed by atoms with E-state index < -0.39 is 0 Å². The largest absolute Gasteiger partial charge is 0.469 e. The van der Waals surface area contributed by atoms with Crippen molar-refractivity contribution in [1.29, 1.82) is 0 Å². The summed E-state index contributed by atoms with van der Waals surface area (Å²) in [5, 5.41) is 0. The molecule has 1 atom stereocenters. The van der Waals surface area contributed by atoms with Crippen molar-refractivity contribution in [1.82, 2.24) is 0 Å². The zero-order valence-corrected chi connectivity index (χ0v) is 10.5. The van der Waals surface area contributed by atoms with Crippen LogP contribution in [0.1, 0.15) is 37.8 Å². The number of halogens is 1. The van der Waals surface area contributed by atoms with Crippen molar-refractivity contribution in [2.75, 3.05) is 7.11 Å². The van der Waals surface area contributed by atoms with Crippen molar-refractivity contribution in [2.45, 2.75) is 33.6 Å². The highest BCUT2D eigenvalue weighted by atomic mass is 19.1. The molecule has 3 heteroatoms. The molecule has 0 heterocycles. The molecule has 0 spiro atoms. The minimum atomic E-state index is -0.348. The van der Waals surface area contributed by atoms with Gasteiger partial charge < -0.3 is 4.74 Å². The molecule has 0 aliphatic heterocycles. The lowest BCUT2D eigenvalue weighted by molar-refractivity contribution is -0.141. The molecular formula is C13H19FO2. The zero-order valence-electron chi connectivity index (χ0n) is 10.5. The first-order valence-corrected chi connectivity index (χ1v) is 5.40. The molecule has 0 radical (unpaired) electrons. The van der Waals surface area contributed by atoms with Crippen LogP contribution in [0.15, 0.2) is 18.2 Å². The highest BCUT2D eigenvalue weighted by Crippen LogP contribution is 2.19. The first kappa shape index (κ1) is 14.6. The van der Waals surface area contributed by atoms with Gasteiger partial charge in [-0.3, -0.25) is 4.79 Å². The van der Waals surface area contributed by atoms with E-state index in [1.54, 1.807) is 26.0 Å². The Morgan fingerprint density at radius 1 is 1.38 bits per heavy atom. The summed E-state index contributed by atoms with van der Waals surface area (Å²) in [5.41, 5.74) is 1.31. The SMILES string of the molecule is CC.COC(=O)C(C)c1ccc(F)c(C)c1. The molecule has 0 bridgehead atoms. The number of hydrogen-bond donors (Lipinski definition) is 0. The topological polar surface area (TPSA) is 26.3 Å². The highest BCUT2D eigenvalue weighted by molar-refractivity contribution is 5.77. The summed E-state index contributed by atoms with van der Waals surface area (Å²) >= 11 is 0. The van der Waals surface area contributed by atoms with Gasteiger partial charge in [-0.15, -0.1) is 0 Å². The average Bonchev–Trinajstić information content (AvgIpc) is 2.33. The van der Waals surface area contributed by atoms with Crippen LogP contribution in [0.5, 0.6) is 0 Å². The third kappa shape index (κ3) is 3.65. The fraction of sp³-hybridized carbons (Fsp3) is 0.462. The molecule has 1 aromatic rings. The van der Waals surface area contributed by atoms with Crippen molar-refractivity contribution in [3.05, 3.63) is 35.1 Å². The van der Waals surface area contributed by atoms with Crippen molar-refractivity contribution in [3.8, 4) is 0 Å². The summed E-state index contributed by atoms with van der Waals surface area (Å²) in [4.78, 5) is 11.2. The Bertz CT molecular complexity index is 348. The summed E-state index contributed by atoms with van der Waals surface area (Å²) in [7, 11) is 1.34. The van der Waals surface area contributed by atoms with Crippen molar-refractivity contribution in [3.63, 3.8) is 0 Å². The van der Waals surface area contributed by atoms with Gasteiger partial charge in [-0.25, -0.2) is 4.39 Å². The molecule has 0 aliphatic rings. The number of aryl methyl sites for hydroxylation is 1. The quantitative estimate of drug-likeness (QED) is 0.722. The molecule has 0 amide bonds. The molecule has 0 saturated heterocycles. The minimum absolute atomic E-state index is 0.259. The van der Waals surface area contributed by atoms with Crippen LogP contribution in [0.4, 0.5) is 4.39 Å². The van der Waals surface area contributed by atoms with E-state index in [4.69, 9.17) is 0 Å². The lowest BCUT2D eigenvalue weighted by atomic mass is 9.99. The molecule has 0 aromatic heterocycles. The van der Waals surface area contributed by atoms with Crippen LogP contribution in [-0.4, -0.2) is 13.1 Å². The normalized spacial score (nSPS) is 11.1. The highest BCUT2D eigenvalue weighted by Gasteiger charge is 2.15. The average molecular weight is 226 g/mol. The summed E-state index contributed by atoms with van der Waals surface area (Å²) < 4.78 is 17.5. The molecule has 0 N–H and O–H groups in total. The molecule has 2 nitrogen and oxygen atoms in total. The van der Waals surface area contributed by atoms with Gasteiger partial charge in [0.05, 0.1) is 13.0 Å². The van der Waals surface area contributed by atoms with Crippen LogP contribution in [-0.2, 0) is 9.53 Å². The Labute approximate surface area is 96.4 Å². The van der Waals surface area contributed by atoms with E-state index in [0.29, 0.717) is 5.56 Å². The smallest absolute Gasteiger partial charge is 0.312 e. The predicted molar refractivity (Wildman–Crippen MR) is 62.9 cm³/mol. The summed E-state index contributed by atoms with van der Waals surface area (Å²) in [6, 6.07) is 4.63. The summed E-state index contributed by atoms with van der Waals surface area (Å²) in [6.45, 7) is 7.40. The standard InChI is InChI=1S/C11H13FO2.C2H6/c1-7-6-9(4-5-10(7)12)8(2)11(13)14-3;1-2/h4-6,8H,1-3H3;1-2H3. The number of rotatable bonds is 2. The Morgan fingerprint density at radius 3 is 2.38 bits per heavy atom. The van der Waals surface area contributed by atoms with Gasteiger partial charge in [0.1, 0.15) is 5.82 Å². The Kier molecular flexibility index (Phi) is 6.38. The molecule has 1 rings (SSSR count).